The van der Waals surface area contributed by atoms with Gasteiger partial charge in [-0.2, -0.15) is 0 Å². The Morgan fingerprint density at radius 3 is 2.27 bits per heavy atom. The number of aliphatic hydroxyl groups excluding tert-OH is 1. The number of hydrogen-bond donors (Lipinski definition) is 2. The minimum Gasteiger partial charge on any atom is -0.481 e. The fourth-order valence-electron chi connectivity index (χ4n) is 1.49. The van der Waals surface area contributed by atoms with Gasteiger partial charge in [0.05, 0.1) is 0 Å². The summed E-state index contributed by atoms with van der Waals surface area (Å²) in [7, 11) is 0. The summed E-state index contributed by atoms with van der Waals surface area (Å²) >= 11 is 0. The molecule has 0 aromatic carbocycles. The van der Waals surface area contributed by atoms with Gasteiger partial charge < -0.3 is 15.1 Å². The molecule has 0 aromatic heterocycles. The van der Waals surface area contributed by atoms with E-state index in [-0.39, 0.29) is 13.0 Å². The van der Waals surface area contributed by atoms with Crippen LogP contribution in [0.1, 0.15) is 39.5 Å². The molecule has 0 radical (unpaired) electrons. The Labute approximate surface area is 91.9 Å². The van der Waals surface area contributed by atoms with Gasteiger partial charge in [0.25, 0.3) is 0 Å². The maximum Gasteiger partial charge on any atom is 0.303 e. The number of rotatable bonds is 9. The Hall–Kier alpha value is -0.610. The second kappa shape index (κ2) is 8.68. The molecule has 0 atom stereocenters. The van der Waals surface area contributed by atoms with E-state index in [4.69, 9.17) is 10.2 Å². The third-order valence-electron chi connectivity index (χ3n) is 2.42. The molecule has 0 spiro atoms. The normalized spacial score (nSPS) is 11.3. The Morgan fingerprint density at radius 1 is 1.20 bits per heavy atom. The lowest BCUT2D eigenvalue weighted by molar-refractivity contribution is -0.137. The monoisotopic (exact) mass is 217 g/mol. The van der Waals surface area contributed by atoms with E-state index in [9.17, 15) is 4.79 Å². The summed E-state index contributed by atoms with van der Waals surface area (Å²) in [4.78, 5) is 12.6. The van der Waals surface area contributed by atoms with Crippen LogP contribution >= 0.6 is 0 Å². The van der Waals surface area contributed by atoms with Crippen LogP contribution in [0.25, 0.3) is 0 Å². The van der Waals surface area contributed by atoms with E-state index in [1.54, 1.807) is 0 Å². The molecule has 0 amide bonds. The van der Waals surface area contributed by atoms with E-state index < -0.39 is 5.97 Å². The van der Waals surface area contributed by atoms with Crippen molar-refractivity contribution in [1.29, 1.82) is 0 Å². The first kappa shape index (κ1) is 14.4. The lowest BCUT2D eigenvalue weighted by Crippen LogP contribution is -2.33. The second-order valence-corrected chi connectivity index (χ2v) is 4.06. The molecule has 0 fully saturated rings. The quantitative estimate of drug-likeness (QED) is 0.572. The zero-order valence-electron chi connectivity index (χ0n) is 9.78. The average molecular weight is 217 g/mol. The molecule has 4 heteroatoms. The topological polar surface area (TPSA) is 60.8 Å². The van der Waals surface area contributed by atoms with E-state index in [1.165, 1.54) is 0 Å². The second-order valence-electron chi connectivity index (χ2n) is 4.06. The predicted octanol–water partition coefficient (Wildman–Crippen LogP) is 1.33. The highest BCUT2D eigenvalue weighted by atomic mass is 16.4. The molecular formula is C11H23NO3. The fourth-order valence-corrected chi connectivity index (χ4v) is 1.49. The van der Waals surface area contributed by atoms with Crippen molar-refractivity contribution in [2.24, 2.45) is 0 Å². The van der Waals surface area contributed by atoms with Gasteiger partial charge in [0.1, 0.15) is 0 Å². The van der Waals surface area contributed by atoms with Crippen molar-refractivity contribution in [3.63, 3.8) is 0 Å². The van der Waals surface area contributed by atoms with Gasteiger partial charge in [0, 0.05) is 19.1 Å². The predicted molar refractivity (Wildman–Crippen MR) is 59.9 cm³/mol. The Bertz CT molecular complexity index is 171. The lowest BCUT2D eigenvalue weighted by Gasteiger charge is -2.26. The molecule has 0 bridgehead atoms. The number of carboxylic acid groups (broad SMARTS) is 1. The Morgan fingerprint density at radius 2 is 1.80 bits per heavy atom. The van der Waals surface area contributed by atoms with Crippen LogP contribution in [0, 0.1) is 0 Å². The third-order valence-corrected chi connectivity index (χ3v) is 2.42. The maximum atomic E-state index is 10.4. The minimum absolute atomic E-state index is 0.237. The van der Waals surface area contributed by atoms with Crippen LogP contribution in [-0.2, 0) is 4.79 Å². The van der Waals surface area contributed by atoms with E-state index >= 15 is 0 Å². The molecule has 0 heterocycles. The Kier molecular flexibility index (Phi) is 8.33. The first-order chi connectivity index (χ1) is 7.07. The van der Waals surface area contributed by atoms with Crippen molar-refractivity contribution < 1.29 is 15.0 Å². The van der Waals surface area contributed by atoms with E-state index in [0.29, 0.717) is 12.5 Å². The van der Waals surface area contributed by atoms with Gasteiger partial charge in [-0.15, -0.1) is 0 Å². The molecule has 2 N–H and O–H groups in total. The minimum atomic E-state index is -0.728. The van der Waals surface area contributed by atoms with Crippen LogP contribution in [0.2, 0.25) is 0 Å². The standard InChI is InChI=1S/C11H23NO3/c1-10(2)12(7-3-4-9-13)8-5-6-11(14)15/h10,13H,3-9H2,1-2H3,(H,14,15). The highest BCUT2D eigenvalue weighted by molar-refractivity contribution is 5.66. The molecule has 90 valence electrons. The number of unbranched alkanes of at least 4 members (excludes halogenated alkanes) is 1. The number of aliphatic carboxylic acids is 1. The van der Waals surface area contributed by atoms with E-state index in [1.807, 2.05) is 0 Å². The van der Waals surface area contributed by atoms with Crippen molar-refractivity contribution in [1.82, 2.24) is 4.90 Å². The molecular weight excluding hydrogens is 194 g/mol. The molecule has 0 aliphatic heterocycles. The molecule has 0 aromatic rings. The summed E-state index contributed by atoms with van der Waals surface area (Å²) in [5.41, 5.74) is 0. The molecule has 0 saturated heterocycles. The first-order valence-corrected chi connectivity index (χ1v) is 5.64. The van der Waals surface area contributed by atoms with Crippen molar-refractivity contribution in [3.8, 4) is 0 Å². The van der Waals surface area contributed by atoms with Crippen molar-refractivity contribution in [2.45, 2.75) is 45.6 Å². The van der Waals surface area contributed by atoms with Crippen LogP contribution in [-0.4, -0.2) is 46.8 Å². The average Bonchev–Trinajstić information content (AvgIpc) is 2.15. The summed E-state index contributed by atoms with van der Waals surface area (Å²) in [6, 6.07) is 0.442. The van der Waals surface area contributed by atoms with Crippen LogP contribution < -0.4 is 0 Å². The van der Waals surface area contributed by atoms with Crippen LogP contribution in [0.5, 0.6) is 0 Å². The van der Waals surface area contributed by atoms with Crippen LogP contribution in [0.4, 0.5) is 0 Å². The van der Waals surface area contributed by atoms with Crippen molar-refractivity contribution >= 4 is 5.97 Å². The molecule has 4 nitrogen and oxygen atoms in total. The van der Waals surface area contributed by atoms with Gasteiger partial charge in [0.2, 0.25) is 0 Å². The van der Waals surface area contributed by atoms with E-state index in [2.05, 4.69) is 18.7 Å². The zero-order valence-corrected chi connectivity index (χ0v) is 9.78. The summed E-state index contributed by atoms with van der Waals surface area (Å²) in [5, 5.41) is 17.2. The van der Waals surface area contributed by atoms with E-state index in [0.717, 1.165) is 25.9 Å². The van der Waals surface area contributed by atoms with Gasteiger partial charge >= 0.3 is 5.97 Å². The molecule has 0 unspecified atom stereocenters. The molecule has 15 heavy (non-hydrogen) atoms. The molecule has 0 saturated carbocycles. The SMILES string of the molecule is CC(C)N(CCCCO)CCCC(=O)O. The summed E-state index contributed by atoms with van der Waals surface area (Å²) in [6.07, 6.45) is 2.74. The fraction of sp³-hybridized carbons (Fsp3) is 0.909. The number of carboxylic acids is 1. The van der Waals surface area contributed by atoms with Crippen molar-refractivity contribution in [3.05, 3.63) is 0 Å². The lowest BCUT2D eigenvalue weighted by atomic mass is 10.2. The van der Waals surface area contributed by atoms with Gasteiger partial charge in [0.15, 0.2) is 0 Å². The maximum absolute atomic E-state index is 10.4. The van der Waals surface area contributed by atoms with Gasteiger partial charge in [-0.25, -0.2) is 0 Å². The van der Waals surface area contributed by atoms with Gasteiger partial charge in [-0.05, 0) is 46.2 Å². The number of aliphatic hydroxyl groups is 1. The largest absolute Gasteiger partial charge is 0.481 e. The first-order valence-electron chi connectivity index (χ1n) is 5.64. The highest BCUT2D eigenvalue weighted by Gasteiger charge is 2.09. The summed E-state index contributed by atoms with van der Waals surface area (Å²) in [6.45, 7) is 6.23. The zero-order chi connectivity index (χ0) is 11.7. The van der Waals surface area contributed by atoms with Crippen LogP contribution in [0.15, 0.2) is 0 Å². The van der Waals surface area contributed by atoms with Gasteiger partial charge in [-0.3, -0.25) is 4.79 Å². The molecule has 0 aliphatic rings. The number of carbonyl (C=O) groups is 1. The van der Waals surface area contributed by atoms with Gasteiger partial charge in [-0.1, -0.05) is 0 Å². The molecule has 0 aliphatic carbocycles. The molecule has 0 rings (SSSR count). The number of nitrogens with zero attached hydrogens (tertiary/aromatic N) is 1. The summed E-state index contributed by atoms with van der Waals surface area (Å²) in [5.74, 6) is -0.728. The number of hydrogen-bond acceptors (Lipinski definition) is 3. The third kappa shape index (κ3) is 8.39. The smallest absolute Gasteiger partial charge is 0.303 e. The summed E-state index contributed by atoms with van der Waals surface area (Å²) < 4.78 is 0. The Balaban J connectivity index is 3.68. The highest BCUT2D eigenvalue weighted by Crippen LogP contribution is 2.04. The van der Waals surface area contributed by atoms with Crippen molar-refractivity contribution in [2.75, 3.05) is 19.7 Å². The van der Waals surface area contributed by atoms with Crippen LogP contribution in [0.3, 0.4) is 0 Å².